The van der Waals surface area contributed by atoms with Crippen molar-refractivity contribution in [2.45, 2.75) is 26.3 Å². The van der Waals surface area contributed by atoms with Gasteiger partial charge in [-0.2, -0.15) is 0 Å². The molecule has 4 N–H and O–H groups in total. The molecule has 1 aromatic heterocycles. The van der Waals surface area contributed by atoms with Gasteiger partial charge >= 0.3 is 11.9 Å². The highest BCUT2D eigenvalue weighted by atomic mass is 16.5. The summed E-state index contributed by atoms with van der Waals surface area (Å²) in [6.07, 6.45) is -0.234. The van der Waals surface area contributed by atoms with E-state index in [9.17, 15) is 9.59 Å². The average Bonchev–Trinajstić information content (AvgIpc) is 2.51. The number of aryl methyl sites for hydroxylation is 2. The summed E-state index contributed by atoms with van der Waals surface area (Å²) in [5, 5.41) is 8.72. The Morgan fingerprint density at radius 3 is 2.47 bits per heavy atom. The number of carbonyl (C=O) groups excluding carboxylic acids is 1. The van der Waals surface area contributed by atoms with Crippen LogP contribution in [0, 0.1) is 13.8 Å². The number of aromatic nitrogens is 1. The zero-order valence-corrected chi connectivity index (χ0v) is 10.0. The highest BCUT2D eigenvalue weighted by Crippen LogP contribution is 2.26. The Labute approximate surface area is 98.8 Å². The van der Waals surface area contributed by atoms with Crippen molar-refractivity contribution in [3.05, 3.63) is 22.5 Å². The molecule has 1 heterocycles. The molecule has 1 atom stereocenters. The van der Waals surface area contributed by atoms with Gasteiger partial charge in [-0.1, -0.05) is 0 Å². The van der Waals surface area contributed by atoms with E-state index in [0.29, 0.717) is 22.5 Å². The Kier molecular flexibility index (Phi) is 3.90. The Bertz CT molecular complexity index is 451. The van der Waals surface area contributed by atoms with Crippen LogP contribution in [0.2, 0.25) is 0 Å². The van der Waals surface area contributed by atoms with Gasteiger partial charge in [-0.3, -0.25) is 4.79 Å². The largest absolute Gasteiger partial charge is 0.481 e. The van der Waals surface area contributed by atoms with E-state index < -0.39 is 18.0 Å². The van der Waals surface area contributed by atoms with Gasteiger partial charge < -0.3 is 20.6 Å². The van der Waals surface area contributed by atoms with Gasteiger partial charge in [-0.05, 0) is 13.8 Å². The molecule has 0 saturated carbocycles. The summed E-state index contributed by atoms with van der Waals surface area (Å²) in [5.41, 5.74) is 7.96. The number of ether oxygens (including phenoxy) is 1. The van der Waals surface area contributed by atoms with Crippen LogP contribution >= 0.6 is 0 Å². The minimum Gasteiger partial charge on any atom is -0.481 e. The Morgan fingerprint density at radius 2 is 2.00 bits per heavy atom. The molecule has 0 aliphatic rings. The van der Waals surface area contributed by atoms with Gasteiger partial charge in [0, 0.05) is 23.0 Å². The number of hydrogen-bond donors (Lipinski definition) is 3. The smallest absolute Gasteiger partial charge is 0.340 e. The first-order valence-corrected chi connectivity index (χ1v) is 5.13. The summed E-state index contributed by atoms with van der Waals surface area (Å²) in [4.78, 5) is 25.2. The number of nitrogens with two attached hydrogens (primary N) is 1. The van der Waals surface area contributed by atoms with E-state index in [0.717, 1.165) is 0 Å². The van der Waals surface area contributed by atoms with E-state index in [4.69, 9.17) is 10.8 Å². The van der Waals surface area contributed by atoms with Gasteiger partial charge in [0.25, 0.3) is 0 Å². The SMILES string of the molecule is COC(=O)c1c(C)[nH]c(C)c1C(N)CC(=O)O. The monoisotopic (exact) mass is 240 g/mol. The number of aliphatic carboxylic acids is 1. The molecule has 94 valence electrons. The van der Waals surface area contributed by atoms with Crippen molar-refractivity contribution in [3.63, 3.8) is 0 Å². The molecular weight excluding hydrogens is 224 g/mol. The summed E-state index contributed by atoms with van der Waals surface area (Å²) in [6.45, 7) is 3.47. The van der Waals surface area contributed by atoms with Crippen LogP contribution < -0.4 is 5.73 Å². The molecule has 0 bridgehead atoms. The highest BCUT2D eigenvalue weighted by molar-refractivity contribution is 5.93. The predicted octanol–water partition coefficient (Wildman–Crippen LogP) is 0.893. The molecule has 0 radical (unpaired) electrons. The quantitative estimate of drug-likeness (QED) is 0.678. The van der Waals surface area contributed by atoms with Gasteiger partial charge in [0.1, 0.15) is 0 Å². The lowest BCUT2D eigenvalue weighted by Gasteiger charge is -2.11. The summed E-state index contributed by atoms with van der Waals surface area (Å²) in [6, 6.07) is -0.730. The third kappa shape index (κ3) is 2.65. The number of aromatic amines is 1. The molecule has 1 rings (SSSR count). The van der Waals surface area contributed by atoms with Crippen molar-refractivity contribution in [2.75, 3.05) is 7.11 Å². The first-order chi connectivity index (χ1) is 7.88. The van der Waals surface area contributed by atoms with E-state index in [-0.39, 0.29) is 6.42 Å². The van der Waals surface area contributed by atoms with Crippen molar-refractivity contribution in [1.29, 1.82) is 0 Å². The third-order valence-electron chi connectivity index (χ3n) is 2.58. The summed E-state index contributed by atoms with van der Waals surface area (Å²) in [7, 11) is 1.27. The van der Waals surface area contributed by atoms with Gasteiger partial charge in [-0.15, -0.1) is 0 Å². The van der Waals surface area contributed by atoms with Gasteiger partial charge in [-0.25, -0.2) is 4.79 Å². The molecule has 0 spiro atoms. The van der Waals surface area contributed by atoms with E-state index >= 15 is 0 Å². The molecule has 17 heavy (non-hydrogen) atoms. The number of H-pyrrole nitrogens is 1. The van der Waals surface area contributed by atoms with Crippen LogP contribution in [0.3, 0.4) is 0 Å². The average molecular weight is 240 g/mol. The molecule has 6 nitrogen and oxygen atoms in total. The van der Waals surface area contributed by atoms with Crippen LogP contribution in [0.1, 0.15) is 39.8 Å². The van der Waals surface area contributed by atoms with E-state index in [1.807, 2.05) is 0 Å². The second-order valence-corrected chi connectivity index (χ2v) is 3.86. The maximum atomic E-state index is 11.6. The first-order valence-electron chi connectivity index (χ1n) is 5.13. The molecule has 0 aliphatic carbocycles. The third-order valence-corrected chi connectivity index (χ3v) is 2.58. The molecule has 6 heteroatoms. The molecular formula is C11H16N2O4. The van der Waals surface area contributed by atoms with Crippen molar-refractivity contribution >= 4 is 11.9 Å². The molecule has 0 fully saturated rings. The van der Waals surface area contributed by atoms with Crippen molar-refractivity contribution < 1.29 is 19.4 Å². The molecule has 1 aromatic rings. The normalized spacial score (nSPS) is 12.2. The minimum absolute atomic E-state index is 0.234. The fourth-order valence-corrected chi connectivity index (χ4v) is 1.92. The number of nitrogens with one attached hydrogen (secondary N) is 1. The Balaban J connectivity index is 3.21. The fourth-order valence-electron chi connectivity index (χ4n) is 1.92. The second-order valence-electron chi connectivity index (χ2n) is 3.86. The van der Waals surface area contributed by atoms with Crippen LogP contribution in [0.4, 0.5) is 0 Å². The van der Waals surface area contributed by atoms with Gasteiger partial charge in [0.15, 0.2) is 0 Å². The summed E-state index contributed by atoms with van der Waals surface area (Å²) in [5.74, 6) is -1.52. The van der Waals surface area contributed by atoms with Gasteiger partial charge in [0.05, 0.1) is 19.1 Å². The Morgan fingerprint density at radius 1 is 1.41 bits per heavy atom. The number of rotatable bonds is 4. The first kappa shape index (κ1) is 13.2. The second kappa shape index (κ2) is 5.01. The fraction of sp³-hybridized carbons (Fsp3) is 0.455. The van der Waals surface area contributed by atoms with Gasteiger partial charge in [0.2, 0.25) is 0 Å². The van der Waals surface area contributed by atoms with Crippen LogP contribution in [-0.2, 0) is 9.53 Å². The molecule has 1 unspecified atom stereocenters. The zero-order valence-electron chi connectivity index (χ0n) is 10.0. The maximum Gasteiger partial charge on any atom is 0.340 e. The lowest BCUT2D eigenvalue weighted by Crippen LogP contribution is -2.18. The summed E-state index contributed by atoms with van der Waals surface area (Å²) >= 11 is 0. The number of carboxylic acids is 1. The predicted molar refractivity (Wildman–Crippen MR) is 60.8 cm³/mol. The van der Waals surface area contributed by atoms with Crippen LogP contribution in [0.5, 0.6) is 0 Å². The lowest BCUT2D eigenvalue weighted by atomic mass is 9.99. The van der Waals surface area contributed by atoms with Crippen molar-refractivity contribution in [2.24, 2.45) is 5.73 Å². The van der Waals surface area contributed by atoms with Crippen LogP contribution in [0.15, 0.2) is 0 Å². The molecule has 0 saturated heterocycles. The number of esters is 1. The number of methoxy groups -OCH3 is 1. The maximum absolute atomic E-state index is 11.6. The molecule has 0 amide bonds. The topological polar surface area (TPSA) is 105 Å². The number of carbonyl (C=O) groups is 2. The van der Waals surface area contributed by atoms with E-state index in [1.54, 1.807) is 13.8 Å². The standard InChI is InChI=1S/C11H16N2O4/c1-5-9(7(12)4-8(14)15)10(6(2)13-5)11(16)17-3/h7,13H,4,12H2,1-3H3,(H,14,15). The van der Waals surface area contributed by atoms with Crippen LogP contribution in [0.25, 0.3) is 0 Å². The van der Waals surface area contributed by atoms with Crippen molar-refractivity contribution in [3.8, 4) is 0 Å². The van der Waals surface area contributed by atoms with Crippen LogP contribution in [-0.4, -0.2) is 29.1 Å². The minimum atomic E-state index is -1.01. The Hall–Kier alpha value is -1.82. The highest BCUT2D eigenvalue weighted by Gasteiger charge is 2.25. The van der Waals surface area contributed by atoms with E-state index in [1.165, 1.54) is 7.11 Å². The molecule has 0 aliphatic heterocycles. The number of carboxylic acid groups (broad SMARTS) is 1. The summed E-state index contributed by atoms with van der Waals surface area (Å²) < 4.78 is 4.66. The van der Waals surface area contributed by atoms with Crippen molar-refractivity contribution in [1.82, 2.24) is 4.98 Å². The molecule has 0 aromatic carbocycles. The number of hydrogen-bond acceptors (Lipinski definition) is 4. The lowest BCUT2D eigenvalue weighted by molar-refractivity contribution is -0.137. The van der Waals surface area contributed by atoms with E-state index in [2.05, 4.69) is 9.72 Å². The zero-order chi connectivity index (χ0) is 13.2.